The molecule has 2 saturated heterocycles. The van der Waals surface area contributed by atoms with E-state index in [1.54, 1.807) is 14.2 Å². The number of ether oxygens (including phenoxy) is 2. The fourth-order valence-corrected chi connectivity index (χ4v) is 6.31. The van der Waals surface area contributed by atoms with Gasteiger partial charge in [-0.3, -0.25) is 9.59 Å². The summed E-state index contributed by atoms with van der Waals surface area (Å²) in [6.07, 6.45) is -1.21. The van der Waals surface area contributed by atoms with Crippen LogP contribution in [0.5, 0.6) is 0 Å². The molecule has 4 aromatic carbocycles. The molecule has 0 aromatic heterocycles. The minimum Gasteiger partial charge on any atom is -0.369 e. The molecule has 0 saturated carbocycles. The second-order valence-corrected chi connectivity index (χ2v) is 10.2. The van der Waals surface area contributed by atoms with E-state index in [9.17, 15) is 9.59 Å². The van der Waals surface area contributed by atoms with E-state index in [1.807, 2.05) is 131 Å². The summed E-state index contributed by atoms with van der Waals surface area (Å²) >= 11 is 0. The van der Waals surface area contributed by atoms with Crippen molar-refractivity contribution in [1.82, 2.24) is 9.80 Å². The van der Waals surface area contributed by atoms with Gasteiger partial charge in [0.25, 0.3) is 11.8 Å². The van der Waals surface area contributed by atoms with Crippen molar-refractivity contribution >= 4 is 11.8 Å². The largest absolute Gasteiger partial charge is 0.369 e. The van der Waals surface area contributed by atoms with Crippen LogP contribution in [0, 0.1) is 0 Å². The summed E-state index contributed by atoms with van der Waals surface area (Å²) < 4.78 is 11.4. The first-order valence-electron chi connectivity index (χ1n) is 13.6. The van der Waals surface area contributed by atoms with Crippen molar-refractivity contribution in [3.63, 3.8) is 0 Å². The van der Waals surface area contributed by atoms with Crippen LogP contribution in [0.4, 0.5) is 0 Å². The number of benzene rings is 4. The van der Waals surface area contributed by atoms with E-state index in [0.717, 1.165) is 22.3 Å². The number of β-lactam (4-membered cyclic amide) rings is 2. The standard InChI is InChI=1S/C34H32N2O4/c1-39-31-29(25-19-11-5-12-20-25)35(33(31)37)27(23-15-7-3-8-16-23)28(24-17-9-4-10-18-24)36-30(32(40-2)34(36)38)26-21-13-6-14-22-26/h3-22,27-32H,1-2H3/t27-,28-,29-,30+,31+,32-/m1/s1. The molecule has 0 spiro atoms. The third-order valence-corrected chi connectivity index (χ3v) is 8.14. The van der Waals surface area contributed by atoms with Gasteiger partial charge in [-0.05, 0) is 22.3 Å². The molecule has 40 heavy (non-hydrogen) atoms. The van der Waals surface area contributed by atoms with Gasteiger partial charge in [0.15, 0.2) is 12.2 Å². The predicted molar refractivity (Wildman–Crippen MR) is 152 cm³/mol. The first kappa shape index (κ1) is 26.0. The van der Waals surface area contributed by atoms with Gasteiger partial charge < -0.3 is 19.3 Å². The number of hydrogen-bond acceptors (Lipinski definition) is 4. The third-order valence-electron chi connectivity index (χ3n) is 8.14. The molecule has 6 heteroatoms. The Labute approximate surface area is 234 Å². The lowest BCUT2D eigenvalue weighted by Crippen LogP contribution is -2.66. The number of likely N-dealkylation sites (tertiary alicyclic amines) is 2. The number of amides is 2. The number of nitrogens with zero attached hydrogens (tertiary/aromatic N) is 2. The van der Waals surface area contributed by atoms with E-state index >= 15 is 0 Å². The van der Waals surface area contributed by atoms with Gasteiger partial charge in [0.2, 0.25) is 0 Å². The highest BCUT2D eigenvalue weighted by Gasteiger charge is 2.59. The molecule has 0 bridgehead atoms. The summed E-state index contributed by atoms with van der Waals surface area (Å²) in [5.41, 5.74) is 3.87. The lowest BCUT2D eigenvalue weighted by molar-refractivity contribution is -0.194. The van der Waals surface area contributed by atoms with Crippen LogP contribution in [0.1, 0.15) is 46.4 Å². The molecule has 0 aliphatic carbocycles. The topological polar surface area (TPSA) is 59.1 Å². The van der Waals surface area contributed by atoms with Crippen LogP contribution in [0.3, 0.4) is 0 Å². The van der Waals surface area contributed by atoms with E-state index in [4.69, 9.17) is 9.47 Å². The molecule has 0 unspecified atom stereocenters. The second-order valence-electron chi connectivity index (χ2n) is 10.2. The Hall–Kier alpha value is -4.26. The molecule has 2 fully saturated rings. The smallest absolute Gasteiger partial charge is 0.255 e. The van der Waals surface area contributed by atoms with Gasteiger partial charge >= 0.3 is 0 Å². The summed E-state index contributed by atoms with van der Waals surface area (Å²) in [6, 6.07) is 38.3. The van der Waals surface area contributed by atoms with E-state index in [2.05, 4.69) is 0 Å². The van der Waals surface area contributed by atoms with Gasteiger partial charge in [-0.25, -0.2) is 0 Å². The normalized spacial score (nSPS) is 23.8. The van der Waals surface area contributed by atoms with Crippen molar-refractivity contribution in [3.05, 3.63) is 144 Å². The van der Waals surface area contributed by atoms with Gasteiger partial charge in [-0.2, -0.15) is 0 Å². The highest BCUT2D eigenvalue weighted by molar-refractivity contribution is 5.91. The van der Waals surface area contributed by atoms with Crippen molar-refractivity contribution in [2.45, 2.75) is 36.4 Å². The van der Waals surface area contributed by atoms with Crippen molar-refractivity contribution in [1.29, 1.82) is 0 Å². The molecule has 0 N–H and O–H groups in total. The van der Waals surface area contributed by atoms with Crippen molar-refractivity contribution in [2.24, 2.45) is 0 Å². The van der Waals surface area contributed by atoms with Crippen LogP contribution in [0.15, 0.2) is 121 Å². The fraction of sp³-hybridized carbons (Fsp3) is 0.235. The lowest BCUT2D eigenvalue weighted by atomic mass is 9.79. The van der Waals surface area contributed by atoms with Crippen molar-refractivity contribution in [3.8, 4) is 0 Å². The Morgan fingerprint density at radius 3 is 1.10 bits per heavy atom. The minimum absolute atomic E-state index is 0.0985. The summed E-state index contributed by atoms with van der Waals surface area (Å²) in [5.74, 6) is -0.197. The maximum atomic E-state index is 13.9. The van der Waals surface area contributed by atoms with Crippen LogP contribution in [-0.4, -0.2) is 48.0 Å². The highest BCUT2D eigenvalue weighted by Crippen LogP contribution is 2.53. The Bertz CT molecular complexity index is 1340. The van der Waals surface area contributed by atoms with Gasteiger partial charge in [-0.15, -0.1) is 0 Å². The number of methoxy groups -OCH3 is 2. The Kier molecular flexibility index (Phi) is 7.20. The average molecular weight is 533 g/mol. The minimum atomic E-state index is -0.603. The molecule has 2 amide bonds. The molecular weight excluding hydrogens is 500 g/mol. The maximum absolute atomic E-state index is 13.9. The fourth-order valence-electron chi connectivity index (χ4n) is 6.31. The van der Waals surface area contributed by atoms with E-state index in [-0.39, 0.29) is 23.9 Å². The van der Waals surface area contributed by atoms with Crippen LogP contribution in [0.25, 0.3) is 0 Å². The zero-order valence-electron chi connectivity index (χ0n) is 22.5. The highest BCUT2D eigenvalue weighted by atomic mass is 16.5. The number of carbonyl (C=O) groups excluding carboxylic acids is 2. The molecule has 202 valence electrons. The van der Waals surface area contributed by atoms with E-state index in [0.29, 0.717) is 0 Å². The molecule has 6 nitrogen and oxygen atoms in total. The Morgan fingerprint density at radius 2 is 0.800 bits per heavy atom. The SMILES string of the molecule is CO[C@@H]1C(=O)N([C@H](c2ccccc2)[C@@H](c2ccccc2)N2C(=O)[C@H](OC)[C@@H]2c2ccccc2)[C@@H]1c1ccccc1. The van der Waals surface area contributed by atoms with Crippen molar-refractivity contribution in [2.75, 3.05) is 14.2 Å². The Morgan fingerprint density at radius 1 is 0.500 bits per heavy atom. The summed E-state index contributed by atoms with van der Waals surface area (Å²) in [6.45, 7) is 0. The first-order chi connectivity index (χ1) is 19.7. The number of rotatable bonds is 9. The zero-order valence-corrected chi connectivity index (χ0v) is 22.5. The molecule has 0 radical (unpaired) electrons. The third kappa shape index (κ3) is 4.30. The van der Waals surface area contributed by atoms with Crippen LogP contribution in [0.2, 0.25) is 0 Å². The van der Waals surface area contributed by atoms with E-state index in [1.165, 1.54) is 0 Å². The molecule has 2 aliphatic rings. The van der Waals surface area contributed by atoms with E-state index < -0.39 is 24.3 Å². The lowest BCUT2D eigenvalue weighted by Gasteiger charge is -2.57. The Balaban J connectivity index is 1.54. The summed E-state index contributed by atoms with van der Waals surface area (Å²) in [7, 11) is 3.16. The predicted octanol–water partition coefficient (Wildman–Crippen LogP) is 5.67. The monoisotopic (exact) mass is 532 g/mol. The number of carbonyl (C=O) groups is 2. The molecule has 2 heterocycles. The summed E-state index contributed by atoms with van der Waals surface area (Å²) in [4.78, 5) is 31.6. The van der Waals surface area contributed by atoms with Crippen LogP contribution in [-0.2, 0) is 19.1 Å². The van der Waals surface area contributed by atoms with Gasteiger partial charge in [-0.1, -0.05) is 121 Å². The van der Waals surface area contributed by atoms with Gasteiger partial charge in [0.1, 0.15) is 0 Å². The van der Waals surface area contributed by atoms with Crippen LogP contribution >= 0.6 is 0 Å². The maximum Gasteiger partial charge on any atom is 0.255 e. The second kappa shape index (κ2) is 11.1. The number of hydrogen-bond donors (Lipinski definition) is 0. The zero-order chi connectivity index (χ0) is 27.6. The van der Waals surface area contributed by atoms with Gasteiger partial charge in [0, 0.05) is 14.2 Å². The van der Waals surface area contributed by atoms with Gasteiger partial charge in [0.05, 0.1) is 24.2 Å². The molecular formula is C34H32N2O4. The molecule has 4 aromatic rings. The summed E-state index contributed by atoms with van der Waals surface area (Å²) in [5, 5.41) is 0. The molecule has 6 rings (SSSR count). The average Bonchev–Trinajstić information content (AvgIpc) is 3.01. The quantitative estimate of drug-likeness (QED) is 0.261. The molecule has 2 aliphatic heterocycles. The van der Waals surface area contributed by atoms with Crippen molar-refractivity contribution < 1.29 is 19.1 Å². The van der Waals surface area contributed by atoms with Crippen LogP contribution < -0.4 is 0 Å². The molecule has 6 atom stereocenters. The first-order valence-corrected chi connectivity index (χ1v) is 13.6.